The first-order valence-corrected chi connectivity index (χ1v) is 12.0. The van der Waals surface area contributed by atoms with E-state index in [4.69, 9.17) is 23.4 Å². The number of aliphatic hydroxyl groups is 1. The van der Waals surface area contributed by atoms with E-state index in [1.807, 2.05) is 20.8 Å². The van der Waals surface area contributed by atoms with Crippen LogP contribution in [0.15, 0.2) is 23.0 Å². The van der Waals surface area contributed by atoms with Gasteiger partial charge in [0.1, 0.15) is 24.1 Å². The second-order valence-corrected chi connectivity index (χ2v) is 11.7. The molecule has 4 saturated heterocycles. The lowest BCUT2D eigenvalue weighted by atomic mass is 9.41. The van der Waals surface area contributed by atoms with Crippen molar-refractivity contribution in [2.75, 3.05) is 6.61 Å². The Balaban J connectivity index is 1.40. The van der Waals surface area contributed by atoms with E-state index in [1.54, 1.807) is 6.07 Å². The molecule has 10 atom stereocenters. The van der Waals surface area contributed by atoms with E-state index in [1.165, 1.54) is 12.5 Å². The largest absolute Gasteiger partial charge is 0.472 e. The zero-order valence-electron chi connectivity index (χ0n) is 19.3. The van der Waals surface area contributed by atoms with Crippen LogP contribution in [-0.2, 0) is 33.3 Å². The fraction of sp³-hybridized carbons (Fsp3) is 0.720. The van der Waals surface area contributed by atoms with E-state index in [-0.39, 0.29) is 43.0 Å². The van der Waals surface area contributed by atoms with Crippen LogP contribution in [0, 0.1) is 28.6 Å². The third-order valence-electron chi connectivity index (χ3n) is 10.2. The summed E-state index contributed by atoms with van der Waals surface area (Å²) >= 11 is 0. The summed E-state index contributed by atoms with van der Waals surface area (Å²) in [6.07, 6.45) is 0.562. The van der Waals surface area contributed by atoms with Crippen LogP contribution in [0.25, 0.3) is 0 Å². The van der Waals surface area contributed by atoms with E-state index >= 15 is 0 Å². The van der Waals surface area contributed by atoms with Gasteiger partial charge in [-0.15, -0.1) is 0 Å². The molecule has 182 valence electrons. The minimum absolute atomic E-state index is 0.0103. The molecule has 10 unspecified atom stereocenters. The molecule has 1 N–H and O–H groups in total. The lowest BCUT2D eigenvalue weighted by molar-refractivity contribution is -0.229. The Morgan fingerprint density at radius 2 is 1.85 bits per heavy atom. The summed E-state index contributed by atoms with van der Waals surface area (Å²) < 4.78 is 29.3. The van der Waals surface area contributed by atoms with Gasteiger partial charge in [-0.2, -0.15) is 0 Å². The van der Waals surface area contributed by atoms with Gasteiger partial charge < -0.3 is 28.5 Å². The number of ether oxygens (including phenoxy) is 4. The third kappa shape index (κ3) is 2.12. The molecule has 9 heteroatoms. The summed E-state index contributed by atoms with van der Waals surface area (Å²) in [5.41, 5.74) is -2.88. The van der Waals surface area contributed by atoms with Gasteiger partial charge in [0, 0.05) is 23.3 Å². The molecule has 1 aromatic heterocycles. The first kappa shape index (κ1) is 21.1. The van der Waals surface area contributed by atoms with Crippen molar-refractivity contribution in [3.8, 4) is 0 Å². The van der Waals surface area contributed by atoms with Crippen LogP contribution >= 0.6 is 0 Å². The Morgan fingerprint density at radius 3 is 2.59 bits per heavy atom. The first-order valence-electron chi connectivity index (χ1n) is 12.0. The standard InChI is InChI=1S/C25H28O9/c1-22(2)14-7-13(26)18-12(24(14)10-31-17(28)8-16(24)33-22)6-15(27)23(3)19(11-4-5-30-9-11)32-21(29)20-25(18,23)34-20/h4-5,9,12,14-16,18-20,27H,6-8,10H2,1-3H3. The fourth-order valence-electron chi connectivity index (χ4n) is 8.70. The number of aliphatic hydroxyl groups excluding tert-OH is 1. The molecule has 5 heterocycles. The van der Waals surface area contributed by atoms with E-state index in [2.05, 4.69) is 0 Å². The van der Waals surface area contributed by atoms with Gasteiger partial charge in [0.15, 0.2) is 6.10 Å². The van der Waals surface area contributed by atoms with Crippen molar-refractivity contribution in [2.45, 2.75) is 75.7 Å². The molecule has 34 heavy (non-hydrogen) atoms. The SMILES string of the molecule is CC1(C)OC2CC(=O)OCC23C2CC(O)C4(C)C(c5ccoc5)OC(=O)C5OC54C2C(=O)CC13. The Morgan fingerprint density at radius 1 is 1.06 bits per heavy atom. The number of esters is 2. The number of hydrogen-bond acceptors (Lipinski definition) is 9. The molecule has 1 aromatic rings. The van der Waals surface area contributed by atoms with Gasteiger partial charge in [-0.05, 0) is 32.3 Å². The zero-order chi connectivity index (χ0) is 23.8. The molecule has 2 aliphatic carbocycles. The second kappa shape index (κ2) is 6.12. The van der Waals surface area contributed by atoms with Gasteiger partial charge in [-0.25, -0.2) is 4.79 Å². The highest BCUT2D eigenvalue weighted by Crippen LogP contribution is 2.75. The number of furan rings is 1. The van der Waals surface area contributed by atoms with Gasteiger partial charge in [0.2, 0.25) is 0 Å². The highest BCUT2D eigenvalue weighted by molar-refractivity contribution is 5.90. The summed E-state index contributed by atoms with van der Waals surface area (Å²) in [5.74, 6) is -2.00. The van der Waals surface area contributed by atoms with Crippen molar-refractivity contribution < 1.29 is 42.9 Å². The number of ketones is 1. The van der Waals surface area contributed by atoms with Crippen LogP contribution in [0.4, 0.5) is 0 Å². The molecule has 0 amide bonds. The van der Waals surface area contributed by atoms with Crippen LogP contribution in [-0.4, -0.2) is 58.9 Å². The Bertz CT molecular complexity index is 1110. The maximum atomic E-state index is 13.9. The molecule has 2 saturated carbocycles. The number of carbonyl (C=O) groups is 3. The maximum absolute atomic E-state index is 13.9. The number of cyclic esters (lactones) is 2. The van der Waals surface area contributed by atoms with Crippen molar-refractivity contribution in [3.05, 3.63) is 24.2 Å². The second-order valence-electron chi connectivity index (χ2n) is 11.7. The summed E-state index contributed by atoms with van der Waals surface area (Å²) in [6, 6.07) is 1.71. The average Bonchev–Trinajstić information content (AvgIpc) is 3.20. The third-order valence-corrected chi connectivity index (χ3v) is 10.2. The molecule has 7 rings (SSSR count). The molecular weight excluding hydrogens is 444 g/mol. The van der Waals surface area contributed by atoms with Crippen molar-refractivity contribution in [2.24, 2.45) is 28.6 Å². The average molecular weight is 472 g/mol. The molecule has 0 aromatic carbocycles. The Hall–Kier alpha value is -2.23. The first-order chi connectivity index (χ1) is 16.1. The van der Waals surface area contributed by atoms with Crippen LogP contribution in [0.1, 0.15) is 51.7 Å². The molecule has 2 spiro atoms. The Labute approximate surface area is 196 Å². The molecule has 4 aliphatic heterocycles. The van der Waals surface area contributed by atoms with E-state index < -0.39 is 58.3 Å². The van der Waals surface area contributed by atoms with Crippen LogP contribution in [0.3, 0.4) is 0 Å². The predicted octanol–water partition coefficient (Wildman–Crippen LogP) is 1.72. The van der Waals surface area contributed by atoms with Gasteiger partial charge in [0.05, 0.1) is 48.1 Å². The number of hydrogen-bond donors (Lipinski definition) is 1. The highest BCUT2D eigenvalue weighted by atomic mass is 16.7. The number of epoxide rings is 1. The summed E-state index contributed by atoms with van der Waals surface area (Å²) in [7, 11) is 0. The van der Waals surface area contributed by atoms with Gasteiger partial charge in [-0.1, -0.05) is 6.92 Å². The molecule has 9 nitrogen and oxygen atoms in total. The molecule has 6 fully saturated rings. The predicted molar refractivity (Wildman–Crippen MR) is 111 cm³/mol. The van der Waals surface area contributed by atoms with E-state index in [0.717, 1.165) is 0 Å². The normalized spacial score (nSPS) is 52.4. The summed E-state index contributed by atoms with van der Waals surface area (Å²) in [4.78, 5) is 39.2. The summed E-state index contributed by atoms with van der Waals surface area (Å²) in [6.45, 7) is 5.91. The lowest BCUT2D eigenvalue weighted by Gasteiger charge is -2.61. The van der Waals surface area contributed by atoms with E-state index in [9.17, 15) is 19.5 Å². The number of Topliss-reactive ketones (excluding diaryl/α,β-unsaturated/α-hetero) is 1. The Kier molecular flexibility index (Phi) is 3.79. The van der Waals surface area contributed by atoms with Crippen molar-refractivity contribution >= 4 is 17.7 Å². The van der Waals surface area contributed by atoms with Crippen LogP contribution < -0.4 is 0 Å². The van der Waals surface area contributed by atoms with Crippen molar-refractivity contribution in [1.29, 1.82) is 0 Å². The minimum Gasteiger partial charge on any atom is -0.472 e. The zero-order valence-corrected chi connectivity index (χ0v) is 19.3. The van der Waals surface area contributed by atoms with Crippen molar-refractivity contribution in [1.82, 2.24) is 0 Å². The van der Waals surface area contributed by atoms with E-state index in [0.29, 0.717) is 12.0 Å². The number of rotatable bonds is 1. The molecular formula is C25H28O9. The van der Waals surface area contributed by atoms with Gasteiger partial charge >= 0.3 is 11.9 Å². The quantitative estimate of drug-likeness (QED) is 0.480. The molecule has 6 aliphatic rings. The molecule has 0 bridgehead atoms. The number of carbonyl (C=O) groups excluding carboxylic acids is 3. The van der Waals surface area contributed by atoms with Gasteiger partial charge in [-0.3, -0.25) is 9.59 Å². The fourth-order valence-corrected chi connectivity index (χ4v) is 8.70. The maximum Gasteiger partial charge on any atom is 0.339 e. The lowest BCUT2D eigenvalue weighted by Crippen LogP contribution is -2.71. The number of fused-ring (bicyclic) bond motifs is 1. The van der Waals surface area contributed by atoms with Crippen molar-refractivity contribution in [3.63, 3.8) is 0 Å². The van der Waals surface area contributed by atoms with Crippen LogP contribution in [0.2, 0.25) is 0 Å². The van der Waals surface area contributed by atoms with Crippen LogP contribution in [0.5, 0.6) is 0 Å². The minimum atomic E-state index is -1.19. The smallest absolute Gasteiger partial charge is 0.339 e. The molecule has 0 radical (unpaired) electrons. The topological polar surface area (TPSA) is 125 Å². The highest BCUT2D eigenvalue weighted by Gasteiger charge is 2.87. The summed E-state index contributed by atoms with van der Waals surface area (Å²) in [5, 5.41) is 11.8. The van der Waals surface area contributed by atoms with Gasteiger partial charge in [0.25, 0.3) is 0 Å². The monoisotopic (exact) mass is 472 g/mol.